The predicted molar refractivity (Wildman–Crippen MR) is 68.8 cm³/mol. The van der Waals surface area contributed by atoms with Crippen LogP contribution in [-0.4, -0.2) is 36.0 Å². The second-order valence-corrected chi connectivity index (χ2v) is 4.28. The van der Waals surface area contributed by atoms with E-state index in [9.17, 15) is 4.79 Å². The Morgan fingerprint density at radius 1 is 1.44 bits per heavy atom. The third-order valence-electron chi connectivity index (χ3n) is 3.21. The maximum Gasteiger partial charge on any atom is 0.222 e. The van der Waals surface area contributed by atoms with Gasteiger partial charge in [-0.2, -0.15) is 0 Å². The lowest BCUT2D eigenvalue weighted by atomic mass is 9.96. The van der Waals surface area contributed by atoms with Crippen molar-refractivity contribution < 1.29 is 4.79 Å². The maximum absolute atomic E-state index is 11.5. The zero-order chi connectivity index (χ0) is 13.0. The van der Waals surface area contributed by atoms with Gasteiger partial charge in [0.15, 0.2) is 5.82 Å². The van der Waals surface area contributed by atoms with Gasteiger partial charge in [0.25, 0.3) is 0 Å². The third kappa shape index (κ3) is 2.67. The molecule has 1 amide bonds. The van der Waals surface area contributed by atoms with Gasteiger partial charge in [-0.3, -0.25) is 9.78 Å². The van der Waals surface area contributed by atoms with Gasteiger partial charge in [-0.15, -0.1) is 0 Å². The molecular formula is C11H18N6O. The minimum absolute atomic E-state index is 0.107. The number of carbonyl (C=O) groups excluding carboxylic acids is 1. The first-order valence-electron chi connectivity index (χ1n) is 5.99. The molecule has 1 fully saturated rings. The molecule has 7 heteroatoms. The zero-order valence-electron chi connectivity index (χ0n) is 10.4. The van der Waals surface area contributed by atoms with E-state index >= 15 is 0 Å². The molecular weight excluding hydrogens is 232 g/mol. The van der Waals surface area contributed by atoms with Crippen molar-refractivity contribution in [2.24, 2.45) is 11.8 Å². The van der Waals surface area contributed by atoms with Crippen molar-refractivity contribution in [2.75, 3.05) is 30.5 Å². The Labute approximate surface area is 106 Å². The SMILES string of the molecule is CNC(=O)C1CCN(c2cncc(NN)n2)CC1. The number of carbonyl (C=O) groups is 1. The fraction of sp³-hybridized carbons (Fsp3) is 0.545. The van der Waals surface area contributed by atoms with Crippen LogP contribution in [0.5, 0.6) is 0 Å². The summed E-state index contributed by atoms with van der Waals surface area (Å²) in [6.45, 7) is 1.61. The largest absolute Gasteiger partial charge is 0.359 e. The standard InChI is InChI=1S/C11H18N6O/c1-13-11(18)8-2-4-17(5-3-8)10-7-14-6-9(15-10)16-12/h6-8H,2-5,12H2,1H3,(H,13,18)(H,15,16). The van der Waals surface area contributed by atoms with E-state index in [4.69, 9.17) is 5.84 Å². The van der Waals surface area contributed by atoms with Gasteiger partial charge < -0.3 is 15.6 Å². The number of anilines is 2. The summed E-state index contributed by atoms with van der Waals surface area (Å²) in [6.07, 6.45) is 4.95. The highest BCUT2D eigenvalue weighted by Crippen LogP contribution is 2.22. The first-order chi connectivity index (χ1) is 8.74. The average molecular weight is 250 g/mol. The predicted octanol–water partition coefficient (Wildman–Crippen LogP) is -0.275. The minimum atomic E-state index is 0.107. The first-order valence-corrected chi connectivity index (χ1v) is 5.99. The van der Waals surface area contributed by atoms with Crippen LogP contribution >= 0.6 is 0 Å². The van der Waals surface area contributed by atoms with Crippen LogP contribution in [-0.2, 0) is 4.79 Å². The van der Waals surface area contributed by atoms with Gasteiger partial charge in [0, 0.05) is 26.1 Å². The summed E-state index contributed by atoms with van der Waals surface area (Å²) in [5.74, 6) is 6.87. The van der Waals surface area contributed by atoms with E-state index < -0.39 is 0 Å². The Kier molecular flexibility index (Phi) is 3.93. The molecule has 2 heterocycles. The molecule has 2 rings (SSSR count). The van der Waals surface area contributed by atoms with Crippen molar-refractivity contribution in [3.8, 4) is 0 Å². The van der Waals surface area contributed by atoms with Crippen LogP contribution in [0.4, 0.5) is 11.6 Å². The van der Waals surface area contributed by atoms with E-state index in [0.717, 1.165) is 31.7 Å². The van der Waals surface area contributed by atoms with Crippen LogP contribution in [0.1, 0.15) is 12.8 Å². The molecule has 1 saturated heterocycles. The molecule has 0 unspecified atom stereocenters. The molecule has 0 radical (unpaired) electrons. The molecule has 18 heavy (non-hydrogen) atoms. The molecule has 0 aliphatic carbocycles. The van der Waals surface area contributed by atoms with Gasteiger partial charge in [0.2, 0.25) is 5.91 Å². The topological polar surface area (TPSA) is 96.2 Å². The fourth-order valence-electron chi connectivity index (χ4n) is 2.15. The average Bonchev–Trinajstić information content (AvgIpc) is 2.46. The van der Waals surface area contributed by atoms with Crippen LogP contribution in [0.3, 0.4) is 0 Å². The summed E-state index contributed by atoms with van der Waals surface area (Å²) in [6, 6.07) is 0. The Balaban J connectivity index is 1.98. The lowest BCUT2D eigenvalue weighted by Crippen LogP contribution is -2.40. The number of nitrogens with zero attached hydrogens (tertiary/aromatic N) is 3. The summed E-state index contributed by atoms with van der Waals surface area (Å²) in [4.78, 5) is 22.1. The highest BCUT2D eigenvalue weighted by atomic mass is 16.1. The van der Waals surface area contributed by atoms with Crippen LogP contribution in [0.15, 0.2) is 12.4 Å². The van der Waals surface area contributed by atoms with Crippen molar-refractivity contribution in [3.05, 3.63) is 12.4 Å². The second-order valence-electron chi connectivity index (χ2n) is 4.28. The Bertz CT molecular complexity index is 416. The van der Waals surface area contributed by atoms with E-state index in [0.29, 0.717) is 5.82 Å². The molecule has 1 aromatic heterocycles. The quantitative estimate of drug-likeness (QED) is 0.504. The molecule has 7 nitrogen and oxygen atoms in total. The molecule has 98 valence electrons. The summed E-state index contributed by atoms with van der Waals surface area (Å²) >= 11 is 0. The second kappa shape index (κ2) is 5.63. The number of nitrogens with two attached hydrogens (primary N) is 1. The Hall–Kier alpha value is -1.89. The molecule has 4 N–H and O–H groups in total. The number of hydrogen-bond acceptors (Lipinski definition) is 6. The van der Waals surface area contributed by atoms with Crippen molar-refractivity contribution in [1.29, 1.82) is 0 Å². The normalized spacial score (nSPS) is 16.4. The van der Waals surface area contributed by atoms with Crippen LogP contribution in [0.25, 0.3) is 0 Å². The molecule has 0 atom stereocenters. The monoisotopic (exact) mass is 250 g/mol. The lowest BCUT2D eigenvalue weighted by molar-refractivity contribution is -0.125. The molecule has 0 aromatic carbocycles. The highest BCUT2D eigenvalue weighted by Gasteiger charge is 2.24. The van der Waals surface area contributed by atoms with E-state index in [1.807, 2.05) is 0 Å². The Morgan fingerprint density at radius 2 is 2.17 bits per heavy atom. The van der Waals surface area contributed by atoms with E-state index in [1.165, 1.54) is 0 Å². The number of hydrazine groups is 1. The van der Waals surface area contributed by atoms with Gasteiger partial charge in [-0.25, -0.2) is 10.8 Å². The molecule has 0 spiro atoms. The number of nitrogen functional groups attached to an aromatic ring is 1. The first kappa shape index (κ1) is 12.6. The number of amides is 1. The van der Waals surface area contributed by atoms with Crippen LogP contribution in [0, 0.1) is 5.92 Å². The molecule has 0 saturated carbocycles. The number of nitrogens with one attached hydrogen (secondary N) is 2. The van der Waals surface area contributed by atoms with Gasteiger partial charge in [0.1, 0.15) is 5.82 Å². The van der Waals surface area contributed by atoms with Crippen LogP contribution < -0.4 is 21.5 Å². The smallest absolute Gasteiger partial charge is 0.222 e. The Morgan fingerprint density at radius 3 is 2.78 bits per heavy atom. The van der Waals surface area contributed by atoms with Crippen molar-refractivity contribution >= 4 is 17.5 Å². The highest BCUT2D eigenvalue weighted by molar-refractivity contribution is 5.78. The molecule has 1 aromatic rings. The molecule has 0 bridgehead atoms. The van der Waals surface area contributed by atoms with Gasteiger partial charge in [-0.1, -0.05) is 0 Å². The minimum Gasteiger partial charge on any atom is -0.359 e. The number of hydrogen-bond donors (Lipinski definition) is 3. The van der Waals surface area contributed by atoms with Crippen molar-refractivity contribution in [1.82, 2.24) is 15.3 Å². The fourth-order valence-corrected chi connectivity index (χ4v) is 2.15. The number of aromatic nitrogens is 2. The number of rotatable bonds is 3. The molecule has 1 aliphatic heterocycles. The summed E-state index contributed by atoms with van der Waals surface area (Å²) in [5, 5.41) is 2.70. The molecule has 1 aliphatic rings. The van der Waals surface area contributed by atoms with E-state index in [2.05, 4.69) is 25.6 Å². The lowest BCUT2D eigenvalue weighted by Gasteiger charge is -2.31. The van der Waals surface area contributed by atoms with Gasteiger partial charge in [0.05, 0.1) is 12.4 Å². The van der Waals surface area contributed by atoms with E-state index in [-0.39, 0.29) is 11.8 Å². The van der Waals surface area contributed by atoms with Crippen LogP contribution in [0.2, 0.25) is 0 Å². The zero-order valence-corrected chi connectivity index (χ0v) is 10.4. The van der Waals surface area contributed by atoms with Crippen molar-refractivity contribution in [2.45, 2.75) is 12.8 Å². The summed E-state index contributed by atoms with van der Waals surface area (Å²) < 4.78 is 0. The third-order valence-corrected chi connectivity index (χ3v) is 3.21. The summed E-state index contributed by atoms with van der Waals surface area (Å²) in [7, 11) is 1.68. The summed E-state index contributed by atoms with van der Waals surface area (Å²) in [5.41, 5.74) is 2.48. The van der Waals surface area contributed by atoms with Gasteiger partial charge >= 0.3 is 0 Å². The maximum atomic E-state index is 11.5. The van der Waals surface area contributed by atoms with Crippen molar-refractivity contribution in [3.63, 3.8) is 0 Å². The van der Waals surface area contributed by atoms with E-state index in [1.54, 1.807) is 19.4 Å². The number of piperidine rings is 1. The van der Waals surface area contributed by atoms with Gasteiger partial charge in [-0.05, 0) is 12.8 Å².